The van der Waals surface area contributed by atoms with E-state index in [2.05, 4.69) is 20.3 Å². The molecule has 0 aliphatic heterocycles. The summed E-state index contributed by atoms with van der Waals surface area (Å²) < 4.78 is 11.1. The highest BCUT2D eigenvalue weighted by molar-refractivity contribution is 7.21. The third kappa shape index (κ3) is 3.68. The maximum Gasteiger partial charge on any atom is 0.191 e. The van der Waals surface area contributed by atoms with E-state index in [4.69, 9.17) is 9.47 Å². The summed E-state index contributed by atoms with van der Waals surface area (Å²) in [6.07, 6.45) is 3.42. The largest absolute Gasteiger partial charge is 0.493 e. The van der Waals surface area contributed by atoms with E-state index in [1.165, 1.54) is 11.3 Å². The number of hydrogen-bond donors (Lipinski definition) is 1. The first-order chi connectivity index (χ1) is 11.2. The van der Waals surface area contributed by atoms with Crippen LogP contribution in [0.3, 0.4) is 0 Å². The highest BCUT2D eigenvalue weighted by Gasteiger charge is 2.09. The lowest BCUT2D eigenvalue weighted by Gasteiger charge is -2.14. The van der Waals surface area contributed by atoms with Gasteiger partial charge in [-0.15, -0.1) is 0 Å². The molecule has 2 aromatic heterocycles. The van der Waals surface area contributed by atoms with Crippen molar-refractivity contribution in [3.05, 3.63) is 36.2 Å². The van der Waals surface area contributed by atoms with Gasteiger partial charge in [0.1, 0.15) is 0 Å². The van der Waals surface area contributed by atoms with E-state index in [0.717, 1.165) is 27.0 Å². The number of benzene rings is 1. The SMILES string of the molecule is COc1cc(CNc2nc3nccnc3s2)ccc1OC(C)C. The second-order valence-corrected chi connectivity index (χ2v) is 6.19. The monoisotopic (exact) mass is 330 g/mol. The third-order valence-electron chi connectivity index (χ3n) is 3.08. The molecule has 0 aliphatic carbocycles. The van der Waals surface area contributed by atoms with Gasteiger partial charge in [0.2, 0.25) is 0 Å². The van der Waals surface area contributed by atoms with Crippen molar-refractivity contribution in [3.63, 3.8) is 0 Å². The van der Waals surface area contributed by atoms with E-state index in [-0.39, 0.29) is 6.10 Å². The van der Waals surface area contributed by atoms with Gasteiger partial charge in [-0.2, -0.15) is 4.98 Å². The summed E-state index contributed by atoms with van der Waals surface area (Å²) in [6, 6.07) is 5.91. The van der Waals surface area contributed by atoms with Crippen LogP contribution in [0.15, 0.2) is 30.6 Å². The van der Waals surface area contributed by atoms with Crippen LogP contribution < -0.4 is 14.8 Å². The Balaban J connectivity index is 1.72. The van der Waals surface area contributed by atoms with E-state index in [9.17, 15) is 0 Å². The number of fused-ring (bicyclic) bond motifs is 1. The molecule has 0 radical (unpaired) electrons. The minimum atomic E-state index is 0.107. The molecular weight excluding hydrogens is 312 g/mol. The zero-order chi connectivity index (χ0) is 16.2. The molecule has 23 heavy (non-hydrogen) atoms. The van der Waals surface area contributed by atoms with E-state index in [1.54, 1.807) is 19.5 Å². The van der Waals surface area contributed by atoms with E-state index in [1.807, 2.05) is 32.0 Å². The van der Waals surface area contributed by atoms with Crippen LogP contribution >= 0.6 is 11.3 Å². The number of methoxy groups -OCH3 is 1. The van der Waals surface area contributed by atoms with E-state index < -0.39 is 0 Å². The Morgan fingerprint density at radius 3 is 2.74 bits per heavy atom. The maximum atomic E-state index is 5.72. The number of nitrogens with zero attached hydrogens (tertiary/aromatic N) is 3. The summed E-state index contributed by atoms with van der Waals surface area (Å²) in [6.45, 7) is 4.62. The van der Waals surface area contributed by atoms with E-state index in [0.29, 0.717) is 12.2 Å². The number of nitrogens with one attached hydrogen (secondary N) is 1. The number of hydrogen-bond acceptors (Lipinski definition) is 7. The number of anilines is 1. The van der Waals surface area contributed by atoms with Gasteiger partial charge in [-0.25, -0.2) is 9.97 Å². The molecule has 0 atom stereocenters. The molecule has 1 N–H and O–H groups in total. The molecule has 7 heteroatoms. The fraction of sp³-hybridized carbons (Fsp3) is 0.312. The lowest BCUT2D eigenvalue weighted by atomic mass is 10.2. The summed E-state index contributed by atoms with van der Waals surface area (Å²) in [5.74, 6) is 1.48. The summed E-state index contributed by atoms with van der Waals surface area (Å²) in [7, 11) is 1.64. The quantitative estimate of drug-likeness (QED) is 0.746. The third-order valence-corrected chi connectivity index (χ3v) is 3.99. The Kier molecular flexibility index (Phi) is 4.57. The molecular formula is C16H18N4O2S. The first-order valence-corrected chi connectivity index (χ1v) is 8.12. The van der Waals surface area contributed by atoms with Crippen molar-refractivity contribution in [2.75, 3.05) is 12.4 Å². The van der Waals surface area contributed by atoms with Crippen molar-refractivity contribution in [1.29, 1.82) is 0 Å². The molecule has 0 spiro atoms. The van der Waals surface area contributed by atoms with Gasteiger partial charge in [0.25, 0.3) is 0 Å². The Hall–Kier alpha value is -2.41. The molecule has 6 nitrogen and oxygen atoms in total. The van der Waals surface area contributed by atoms with Gasteiger partial charge in [-0.1, -0.05) is 17.4 Å². The van der Waals surface area contributed by atoms with Crippen LogP contribution in [0.1, 0.15) is 19.4 Å². The topological polar surface area (TPSA) is 69.2 Å². The predicted octanol–water partition coefficient (Wildman–Crippen LogP) is 3.49. The van der Waals surface area contributed by atoms with Crippen LogP contribution in [0.2, 0.25) is 0 Å². The number of rotatable bonds is 6. The maximum absolute atomic E-state index is 5.72. The fourth-order valence-electron chi connectivity index (χ4n) is 2.10. The summed E-state index contributed by atoms with van der Waals surface area (Å²) in [5.41, 5.74) is 1.75. The van der Waals surface area contributed by atoms with Crippen molar-refractivity contribution in [2.45, 2.75) is 26.5 Å². The minimum absolute atomic E-state index is 0.107. The zero-order valence-corrected chi connectivity index (χ0v) is 14.1. The van der Waals surface area contributed by atoms with Crippen LogP contribution in [0, 0.1) is 0 Å². The van der Waals surface area contributed by atoms with Gasteiger partial charge in [0, 0.05) is 18.9 Å². The molecule has 0 unspecified atom stereocenters. The van der Waals surface area contributed by atoms with Crippen LogP contribution in [0.5, 0.6) is 11.5 Å². The number of aromatic nitrogens is 3. The van der Waals surface area contributed by atoms with Gasteiger partial charge in [-0.05, 0) is 31.5 Å². The van der Waals surface area contributed by atoms with Gasteiger partial charge < -0.3 is 14.8 Å². The summed E-state index contributed by atoms with van der Waals surface area (Å²) >= 11 is 1.49. The van der Waals surface area contributed by atoms with Crippen molar-refractivity contribution < 1.29 is 9.47 Å². The van der Waals surface area contributed by atoms with Crippen molar-refractivity contribution in [2.24, 2.45) is 0 Å². The lowest BCUT2D eigenvalue weighted by molar-refractivity contribution is 0.230. The molecule has 2 heterocycles. The number of ether oxygens (including phenoxy) is 2. The molecule has 0 aliphatic rings. The molecule has 0 amide bonds. The van der Waals surface area contributed by atoms with Crippen LogP contribution in [-0.4, -0.2) is 28.2 Å². The zero-order valence-electron chi connectivity index (χ0n) is 13.2. The van der Waals surface area contributed by atoms with Gasteiger partial charge >= 0.3 is 0 Å². The van der Waals surface area contributed by atoms with Crippen LogP contribution in [-0.2, 0) is 6.54 Å². The second kappa shape index (κ2) is 6.78. The molecule has 0 saturated heterocycles. The van der Waals surface area contributed by atoms with Crippen LogP contribution in [0.25, 0.3) is 10.5 Å². The Morgan fingerprint density at radius 2 is 2.00 bits per heavy atom. The Bertz CT molecular complexity index is 771. The van der Waals surface area contributed by atoms with Crippen molar-refractivity contribution >= 4 is 26.9 Å². The average Bonchev–Trinajstić information content (AvgIpc) is 2.96. The summed E-state index contributed by atoms with van der Waals surface area (Å²) in [4.78, 5) is 13.7. The summed E-state index contributed by atoms with van der Waals surface area (Å²) in [5, 5.41) is 4.09. The van der Waals surface area contributed by atoms with Gasteiger partial charge in [0.15, 0.2) is 27.1 Å². The standard InChI is InChI=1S/C16H18N4O2S/c1-10(2)22-12-5-4-11(8-13(12)21-3)9-19-16-20-14-15(23-16)18-7-6-17-14/h4-8,10H,9H2,1-3H3,(H,17,19,20). The highest BCUT2D eigenvalue weighted by atomic mass is 32.1. The fourth-order valence-corrected chi connectivity index (χ4v) is 2.87. The average molecular weight is 330 g/mol. The first kappa shape index (κ1) is 15.5. The van der Waals surface area contributed by atoms with Gasteiger partial charge in [-0.3, -0.25) is 0 Å². The molecule has 3 rings (SSSR count). The first-order valence-electron chi connectivity index (χ1n) is 7.30. The predicted molar refractivity (Wildman–Crippen MR) is 91.3 cm³/mol. The molecule has 3 aromatic rings. The molecule has 0 saturated carbocycles. The molecule has 120 valence electrons. The lowest BCUT2D eigenvalue weighted by Crippen LogP contribution is -2.07. The molecule has 0 bridgehead atoms. The van der Waals surface area contributed by atoms with E-state index >= 15 is 0 Å². The molecule has 0 fully saturated rings. The molecule has 1 aromatic carbocycles. The minimum Gasteiger partial charge on any atom is -0.493 e. The van der Waals surface area contributed by atoms with Crippen LogP contribution in [0.4, 0.5) is 5.13 Å². The number of thiazole rings is 1. The van der Waals surface area contributed by atoms with Crippen molar-refractivity contribution in [3.8, 4) is 11.5 Å². The highest BCUT2D eigenvalue weighted by Crippen LogP contribution is 2.29. The van der Waals surface area contributed by atoms with Crippen molar-refractivity contribution in [1.82, 2.24) is 15.0 Å². The normalized spacial score (nSPS) is 11.0. The smallest absolute Gasteiger partial charge is 0.191 e. The Labute approximate surface area is 138 Å². The Morgan fingerprint density at radius 1 is 1.17 bits per heavy atom. The van der Waals surface area contributed by atoms with Gasteiger partial charge in [0.05, 0.1) is 13.2 Å². The second-order valence-electron chi connectivity index (χ2n) is 5.21.